The SMILES string of the molecule is O=C1CCC(Nc2cnc(N3CCNCC3)cc2F)C(=O)N1. The van der Waals surface area contributed by atoms with Crippen LogP contribution in [0.5, 0.6) is 0 Å². The number of pyridine rings is 1. The molecular formula is C14H18FN5O2. The minimum absolute atomic E-state index is 0.174. The normalized spacial score (nSPS) is 22.4. The van der Waals surface area contributed by atoms with E-state index in [1.165, 1.54) is 12.3 Å². The maximum Gasteiger partial charge on any atom is 0.249 e. The van der Waals surface area contributed by atoms with Gasteiger partial charge in [-0.3, -0.25) is 14.9 Å². The van der Waals surface area contributed by atoms with Gasteiger partial charge < -0.3 is 15.5 Å². The predicted octanol–water partition coefficient (Wildman–Crippen LogP) is -0.153. The predicted molar refractivity (Wildman–Crippen MR) is 79.1 cm³/mol. The van der Waals surface area contributed by atoms with Gasteiger partial charge in [-0.05, 0) is 6.42 Å². The van der Waals surface area contributed by atoms with Crippen LogP contribution in [0.2, 0.25) is 0 Å². The first-order chi connectivity index (χ1) is 10.6. The smallest absolute Gasteiger partial charge is 0.249 e. The number of piperidine rings is 1. The molecule has 1 unspecified atom stereocenters. The van der Waals surface area contributed by atoms with Crippen molar-refractivity contribution in [1.82, 2.24) is 15.6 Å². The number of piperazine rings is 1. The minimum atomic E-state index is -0.612. The molecule has 0 spiro atoms. The van der Waals surface area contributed by atoms with E-state index in [0.717, 1.165) is 26.2 Å². The molecule has 1 aromatic rings. The first-order valence-corrected chi connectivity index (χ1v) is 7.35. The van der Waals surface area contributed by atoms with Crippen LogP contribution in [-0.4, -0.2) is 49.0 Å². The van der Waals surface area contributed by atoms with E-state index in [0.29, 0.717) is 12.2 Å². The Morgan fingerprint density at radius 1 is 1.32 bits per heavy atom. The van der Waals surface area contributed by atoms with Crippen molar-refractivity contribution in [3.05, 3.63) is 18.1 Å². The standard InChI is InChI=1S/C14H18FN5O2/c15-9-7-12(20-5-3-16-4-6-20)17-8-11(9)18-10-1-2-13(21)19-14(10)22/h7-8,10,16,18H,1-6H2,(H,19,21,22). The lowest BCUT2D eigenvalue weighted by molar-refractivity contribution is -0.133. The van der Waals surface area contributed by atoms with Crippen molar-refractivity contribution in [3.8, 4) is 0 Å². The zero-order valence-electron chi connectivity index (χ0n) is 12.1. The van der Waals surface area contributed by atoms with Gasteiger partial charge in [0.05, 0.1) is 11.9 Å². The zero-order valence-corrected chi connectivity index (χ0v) is 12.1. The van der Waals surface area contributed by atoms with E-state index >= 15 is 0 Å². The fourth-order valence-corrected chi connectivity index (χ4v) is 2.61. The van der Waals surface area contributed by atoms with Crippen molar-refractivity contribution in [1.29, 1.82) is 0 Å². The second-order valence-electron chi connectivity index (χ2n) is 5.41. The van der Waals surface area contributed by atoms with Gasteiger partial charge >= 0.3 is 0 Å². The summed E-state index contributed by atoms with van der Waals surface area (Å²) in [5.74, 6) is -0.585. The van der Waals surface area contributed by atoms with Crippen LogP contribution in [0, 0.1) is 5.82 Å². The van der Waals surface area contributed by atoms with E-state index in [4.69, 9.17) is 0 Å². The highest BCUT2D eigenvalue weighted by atomic mass is 19.1. The van der Waals surface area contributed by atoms with Crippen LogP contribution in [0.4, 0.5) is 15.9 Å². The number of amides is 2. The highest BCUT2D eigenvalue weighted by Gasteiger charge is 2.27. The number of carbonyl (C=O) groups is 2. The molecule has 0 radical (unpaired) electrons. The van der Waals surface area contributed by atoms with Crippen molar-refractivity contribution in [2.75, 3.05) is 36.4 Å². The summed E-state index contributed by atoms with van der Waals surface area (Å²) in [7, 11) is 0. The summed E-state index contributed by atoms with van der Waals surface area (Å²) in [4.78, 5) is 29.1. The Morgan fingerprint density at radius 2 is 2.09 bits per heavy atom. The summed E-state index contributed by atoms with van der Waals surface area (Å²) in [5.41, 5.74) is 0.174. The van der Waals surface area contributed by atoms with Crippen LogP contribution in [0.1, 0.15) is 12.8 Å². The average molecular weight is 307 g/mol. The number of rotatable bonds is 3. The molecule has 7 nitrogen and oxygen atoms in total. The van der Waals surface area contributed by atoms with Crippen molar-refractivity contribution in [3.63, 3.8) is 0 Å². The lowest BCUT2D eigenvalue weighted by Crippen LogP contribution is -2.47. The molecule has 1 atom stereocenters. The second kappa shape index (κ2) is 6.27. The van der Waals surface area contributed by atoms with Gasteiger partial charge in [0.25, 0.3) is 0 Å². The van der Waals surface area contributed by atoms with Gasteiger partial charge in [-0.15, -0.1) is 0 Å². The van der Waals surface area contributed by atoms with Crippen LogP contribution in [0.25, 0.3) is 0 Å². The summed E-state index contributed by atoms with van der Waals surface area (Å²) >= 11 is 0. The maximum atomic E-state index is 14.2. The van der Waals surface area contributed by atoms with Crippen LogP contribution in [0.3, 0.4) is 0 Å². The van der Waals surface area contributed by atoms with E-state index in [2.05, 4.69) is 20.9 Å². The van der Waals surface area contributed by atoms with E-state index in [9.17, 15) is 14.0 Å². The summed E-state index contributed by atoms with van der Waals surface area (Å²) in [5, 5.41) is 8.28. The lowest BCUT2D eigenvalue weighted by atomic mass is 10.1. The Hall–Kier alpha value is -2.22. The van der Waals surface area contributed by atoms with Crippen molar-refractivity contribution >= 4 is 23.3 Å². The first kappa shape index (κ1) is 14.7. The van der Waals surface area contributed by atoms with E-state index in [1.807, 2.05) is 4.90 Å². The number of halogens is 1. The molecule has 0 bridgehead atoms. The molecule has 1 aromatic heterocycles. The number of nitrogens with one attached hydrogen (secondary N) is 3. The molecule has 2 fully saturated rings. The van der Waals surface area contributed by atoms with Gasteiger partial charge in [-0.1, -0.05) is 0 Å². The number of nitrogens with zero attached hydrogens (tertiary/aromatic N) is 2. The van der Waals surface area contributed by atoms with E-state index in [-0.39, 0.29) is 18.0 Å². The molecule has 2 amide bonds. The third-order valence-electron chi connectivity index (χ3n) is 3.85. The number of hydrogen-bond acceptors (Lipinski definition) is 6. The van der Waals surface area contributed by atoms with Crippen LogP contribution < -0.4 is 20.9 Å². The summed E-state index contributed by atoms with van der Waals surface area (Å²) < 4.78 is 14.2. The number of anilines is 2. The zero-order chi connectivity index (χ0) is 15.5. The molecule has 2 aliphatic rings. The van der Waals surface area contributed by atoms with Gasteiger partial charge in [-0.25, -0.2) is 9.37 Å². The Kier molecular flexibility index (Phi) is 4.19. The van der Waals surface area contributed by atoms with Gasteiger partial charge in [0.1, 0.15) is 11.9 Å². The fourth-order valence-electron chi connectivity index (χ4n) is 2.61. The van der Waals surface area contributed by atoms with Crippen LogP contribution >= 0.6 is 0 Å². The van der Waals surface area contributed by atoms with Crippen molar-refractivity contribution < 1.29 is 14.0 Å². The molecule has 3 N–H and O–H groups in total. The highest BCUT2D eigenvalue weighted by molar-refractivity contribution is 6.01. The molecule has 3 heterocycles. The van der Waals surface area contributed by atoms with Crippen LogP contribution in [-0.2, 0) is 9.59 Å². The van der Waals surface area contributed by atoms with E-state index in [1.54, 1.807) is 0 Å². The van der Waals surface area contributed by atoms with Gasteiger partial charge in [0.15, 0.2) is 5.82 Å². The van der Waals surface area contributed by atoms with E-state index < -0.39 is 17.8 Å². The van der Waals surface area contributed by atoms with Crippen molar-refractivity contribution in [2.24, 2.45) is 0 Å². The Labute approximate surface area is 127 Å². The summed E-state index contributed by atoms with van der Waals surface area (Å²) in [6.07, 6.45) is 2.00. The van der Waals surface area contributed by atoms with Gasteiger partial charge in [0.2, 0.25) is 11.8 Å². The molecule has 0 aliphatic carbocycles. The second-order valence-corrected chi connectivity index (χ2v) is 5.41. The summed E-state index contributed by atoms with van der Waals surface area (Å²) in [6.45, 7) is 3.26. The molecule has 0 aromatic carbocycles. The summed E-state index contributed by atoms with van der Waals surface area (Å²) in [6, 6.07) is 0.763. The number of aromatic nitrogens is 1. The van der Waals surface area contributed by atoms with Crippen LogP contribution in [0.15, 0.2) is 12.3 Å². The molecule has 0 saturated carbocycles. The number of carbonyl (C=O) groups excluding carboxylic acids is 2. The monoisotopic (exact) mass is 307 g/mol. The number of imide groups is 1. The van der Waals surface area contributed by atoms with Gasteiger partial charge in [-0.2, -0.15) is 0 Å². The lowest BCUT2D eigenvalue weighted by Gasteiger charge is -2.29. The van der Waals surface area contributed by atoms with Crippen molar-refractivity contribution in [2.45, 2.75) is 18.9 Å². The molecule has 118 valence electrons. The average Bonchev–Trinajstić information content (AvgIpc) is 2.52. The minimum Gasteiger partial charge on any atom is -0.370 e. The third kappa shape index (κ3) is 3.16. The Morgan fingerprint density at radius 3 is 2.77 bits per heavy atom. The molecular weight excluding hydrogens is 289 g/mol. The quantitative estimate of drug-likeness (QED) is 0.673. The molecule has 2 saturated heterocycles. The maximum absolute atomic E-state index is 14.2. The largest absolute Gasteiger partial charge is 0.370 e. The fraction of sp³-hybridized carbons (Fsp3) is 0.500. The topological polar surface area (TPSA) is 86.4 Å². The molecule has 8 heteroatoms. The Bertz CT molecular complexity index is 589. The van der Waals surface area contributed by atoms with Gasteiger partial charge in [0, 0.05) is 38.7 Å². The highest BCUT2D eigenvalue weighted by Crippen LogP contribution is 2.21. The first-order valence-electron chi connectivity index (χ1n) is 7.35. The molecule has 3 rings (SSSR count). The number of hydrogen-bond donors (Lipinski definition) is 3. The molecule has 2 aliphatic heterocycles. The third-order valence-corrected chi connectivity index (χ3v) is 3.85. The molecule has 22 heavy (non-hydrogen) atoms. The Balaban J connectivity index is 1.69.